The number of nitrogens with one attached hydrogen (secondary N) is 1. The fourth-order valence-electron chi connectivity index (χ4n) is 5.90. The molecule has 0 spiro atoms. The van der Waals surface area contributed by atoms with Gasteiger partial charge in [0.25, 0.3) is 0 Å². The molecule has 0 aliphatic carbocycles. The second-order valence-electron chi connectivity index (χ2n) is 10.8. The first kappa shape index (κ1) is 25.2. The van der Waals surface area contributed by atoms with Crippen molar-refractivity contribution in [3.63, 3.8) is 0 Å². The van der Waals surface area contributed by atoms with E-state index < -0.39 is 0 Å². The van der Waals surface area contributed by atoms with Gasteiger partial charge in [-0.1, -0.05) is 6.07 Å². The number of rotatable bonds is 6. The number of imide groups is 1. The molecule has 1 atom stereocenters. The van der Waals surface area contributed by atoms with Crippen molar-refractivity contribution < 1.29 is 15.8 Å². The molecule has 10 heteroatoms. The SMILES string of the molecule is [2H]c1csc(-c2ccc(N3CCN(C(=O)CC4CCN(c5ccc(C6CCC(=O)NC6=O)cn5)CC4)CC3)cc2)n1. The lowest BCUT2D eigenvalue weighted by Crippen LogP contribution is -2.49. The first-order valence-corrected chi connectivity index (χ1v) is 14.9. The quantitative estimate of drug-likeness (QED) is 0.460. The van der Waals surface area contributed by atoms with Gasteiger partial charge in [0.05, 0.1) is 7.29 Å². The molecule has 1 N–H and O–H groups in total. The highest BCUT2D eigenvalue weighted by Gasteiger charge is 2.29. The van der Waals surface area contributed by atoms with Crippen LogP contribution in [0.1, 0.15) is 45.0 Å². The zero-order chi connectivity index (χ0) is 28.3. The van der Waals surface area contributed by atoms with Crippen molar-refractivity contribution in [1.29, 1.82) is 0 Å². The minimum absolute atomic E-state index is 0.210. The lowest BCUT2D eigenvalue weighted by molar-refractivity contribution is -0.134. The molecule has 0 bridgehead atoms. The van der Waals surface area contributed by atoms with Crippen molar-refractivity contribution in [3.05, 3.63) is 59.7 Å². The standard InChI is InChI=1S/C30H34N6O3S/c37-27-8-6-25(29(39)33-27)23-3-7-26(32-20-23)35-12-9-21(10-13-35)19-28(38)36-16-14-34(15-17-36)24-4-1-22(2-5-24)30-31-11-18-40-30/h1-5,7,11,18,20-21,25H,6,8-10,12-17,19H2,(H,33,37,39)/i11D. The molecule has 3 aliphatic heterocycles. The van der Waals surface area contributed by atoms with Gasteiger partial charge in [0.1, 0.15) is 10.8 Å². The summed E-state index contributed by atoms with van der Waals surface area (Å²) in [5.41, 5.74) is 3.02. The molecule has 40 heavy (non-hydrogen) atoms. The van der Waals surface area contributed by atoms with Crippen LogP contribution in [0.15, 0.2) is 54.1 Å². The summed E-state index contributed by atoms with van der Waals surface area (Å²) in [6.07, 6.45) is 5.44. The molecule has 5 heterocycles. The van der Waals surface area contributed by atoms with E-state index in [0.29, 0.717) is 31.4 Å². The number of benzene rings is 1. The molecule has 3 aliphatic rings. The number of amides is 3. The van der Waals surface area contributed by atoms with Crippen molar-refractivity contribution in [3.8, 4) is 10.6 Å². The van der Waals surface area contributed by atoms with Crippen LogP contribution in [-0.4, -0.2) is 71.9 Å². The highest BCUT2D eigenvalue weighted by atomic mass is 32.1. The molecule has 3 fully saturated rings. The Morgan fingerprint density at radius 1 is 0.950 bits per heavy atom. The van der Waals surface area contributed by atoms with Gasteiger partial charge in [-0.25, -0.2) is 9.97 Å². The number of pyridine rings is 1. The fourth-order valence-corrected chi connectivity index (χ4v) is 6.49. The summed E-state index contributed by atoms with van der Waals surface area (Å²) in [7, 11) is 0. The summed E-state index contributed by atoms with van der Waals surface area (Å²) in [5.74, 6) is 0.748. The predicted molar refractivity (Wildman–Crippen MR) is 155 cm³/mol. The van der Waals surface area contributed by atoms with Crippen LogP contribution in [0.4, 0.5) is 11.5 Å². The van der Waals surface area contributed by atoms with Crippen LogP contribution in [-0.2, 0) is 14.4 Å². The van der Waals surface area contributed by atoms with Crippen LogP contribution >= 0.6 is 11.3 Å². The molecule has 9 nitrogen and oxygen atoms in total. The van der Waals surface area contributed by atoms with Gasteiger partial charge in [-0.05, 0) is 61.1 Å². The number of nitrogens with zero attached hydrogens (tertiary/aromatic N) is 5. The summed E-state index contributed by atoms with van der Waals surface area (Å²) < 4.78 is 7.63. The van der Waals surface area contributed by atoms with E-state index in [1.54, 1.807) is 11.6 Å². The number of carbonyl (C=O) groups excluding carboxylic acids is 3. The van der Waals surface area contributed by atoms with E-state index >= 15 is 0 Å². The maximum Gasteiger partial charge on any atom is 0.234 e. The molecule has 1 aromatic carbocycles. The van der Waals surface area contributed by atoms with Crippen molar-refractivity contribution in [1.82, 2.24) is 20.2 Å². The topological polar surface area (TPSA) is 98.7 Å². The highest BCUT2D eigenvalue weighted by Crippen LogP contribution is 2.29. The van der Waals surface area contributed by atoms with E-state index in [4.69, 9.17) is 1.37 Å². The first-order chi connectivity index (χ1) is 19.9. The van der Waals surface area contributed by atoms with Gasteiger partial charge in [-0.2, -0.15) is 0 Å². The normalized spacial score (nSPS) is 20.9. The van der Waals surface area contributed by atoms with Crippen LogP contribution in [0.2, 0.25) is 0 Å². The Kier molecular flexibility index (Phi) is 7.40. The number of carbonyl (C=O) groups is 3. The number of aromatic nitrogens is 2. The zero-order valence-electron chi connectivity index (χ0n) is 23.4. The maximum atomic E-state index is 13.1. The summed E-state index contributed by atoms with van der Waals surface area (Å²) in [6.45, 7) is 4.82. The number of piperazine rings is 1. The Hall–Kier alpha value is -3.79. The molecule has 208 valence electrons. The molecule has 3 aromatic rings. The van der Waals surface area contributed by atoms with Crippen molar-refractivity contribution in [2.45, 2.75) is 38.0 Å². The molecule has 3 saturated heterocycles. The summed E-state index contributed by atoms with van der Waals surface area (Å²) in [5, 5.41) is 5.02. The largest absolute Gasteiger partial charge is 0.368 e. The first-order valence-electron chi connectivity index (χ1n) is 14.5. The lowest BCUT2D eigenvalue weighted by Gasteiger charge is -2.38. The average Bonchev–Trinajstić information content (AvgIpc) is 3.44. The molecule has 2 aromatic heterocycles. The molecular formula is C30H34N6O3S. The lowest BCUT2D eigenvalue weighted by atomic mass is 9.91. The van der Waals surface area contributed by atoms with Gasteiger partial charge < -0.3 is 14.7 Å². The third kappa shape index (κ3) is 5.86. The van der Waals surface area contributed by atoms with E-state index in [2.05, 4.69) is 49.4 Å². The van der Waals surface area contributed by atoms with E-state index in [9.17, 15) is 14.4 Å². The zero-order valence-corrected chi connectivity index (χ0v) is 23.2. The van der Waals surface area contributed by atoms with Gasteiger partial charge in [-0.15, -0.1) is 11.3 Å². The Balaban J connectivity index is 0.944. The number of piperidine rings is 2. The average molecular weight is 560 g/mol. The van der Waals surface area contributed by atoms with Gasteiger partial charge in [0, 0.05) is 81.1 Å². The molecule has 0 radical (unpaired) electrons. The Bertz CT molecular complexity index is 1400. The van der Waals surface area contributed by atoms with Crippen LogP contribution < -0.4 is 15.1 Å². The third-order valence-corrected chi connectivity index (χ3v) is 9.09. The second-order valence-corrected chi connectivity index (χ2v) is 11.6. The number of thiazole rings is 1. The van der Waals surface area contributed by atoms with E-state index in [1.807, 2.05) is 17.0 Å². The number of hydrogen-bond acceptors (Lipinski definition) is 8. The second kappa shape index (κ2) is 11.8. The smallest absolute Gasteiger partial charge is 0.234 e. The van der Waals surface area contributed by atoms with Gasteiger partial charge in [0.2, 0.25) is 17.7 Å². The molecule has 6 rings (SSSR count). The Morgan fingerprint density at radius 2 is 1.73 bits per heavy atom. The Morgan fingerprint density at radius 3 is 2.38 bits per heavy atom. The minimum atomic E-state index is -0.319. The van der Waals surface area contributed by atoms with E-state index in [1.165, 1.54) is 11.3 Å². The highest BCUT2D eigenvalue weighted by molar-refractivity contribution is 7.13. The van der Waals surface area contributed by atoms with Gasteiger partial charge >= 0.3 is 0 Å². The van der Waals surface area contributed by atoms with Gasteiger partial charge in [-0.3, -0.25) is 19.7 Å². The maximum absolute atomic E-state index is 13.1. The van der Waals surface area contributed by atoms with Crippen molar-refractivity contribution in [2.24, 2.45) is 5.92 Å². The summed E-state index contributed by atoms with van der Waals surface area (Å²) in [4.78, 5) is 52.1. The predicted octanol–water partition coefficient (Wildman–Crippen LogP) is 3.68. The van der Waals surface area contributed by atoms with Gasteiger partial charge in [0.15, 0.2) is 0 Å². The molecular weight excluding hydrogens is 524 g/mol. The Labute approximate surface area is 239 Å². The van der Waals surface area contributed by atoms with Crippen LogP contribution in [0.3, 0.4) is 0 Å². The number of hydrogen-bond donors (Lipinski definition) is 1. The number of anilines is 2. The minimum Gasteiger partial charge on any atom is -0.368 e. The van der Waals surface area contributed by atoms with Crippen molar-refractivity contribution >= 4 is 40.6 Å². The van der Waals surface area contributed by atoms with Crippen LogP contribution in [0, 0.1) is 5.92 Å². The van der Waals surface area contributed by atoms with E-state index in [0.717, 1.165) is 79.7 Å². The third-order valence-electron chi connectivity index (χ3n) is 8.32. The molecule has 3 amide bonds. The fraction of sp³-hybridized carbons (Fsp3) is 0.433. The van der Waals surface area contributed by atoms with Crippen molar-refractivity contribution in [2.75, 3.05) is 49.1 Å². The van der Waals surface area contributed by atoms with Crippen LogP contribution in [0.5, 0.6) is 0 Å². The monoisotopic (exact) mass is 559 g/mol. The van der Waals surface area contributed by atoms with E-state index in [-0.39, 0.29) is 23.6 Å². The molecule has 1 unspecified atom stereocenters. The summed E-state index contributed by atoms with van der Waals surface area (Å²) in [6, 6.07) is 12.2. The summed E-state index contributed by atoms with van der Waals surface area (Å²) >= 11 is 1.48. The molecule has 0 saturated carbocycles. The van der Waals surface area contributed by atoms with Crippen LogP contribution in [0.25, 0.3) is 10.6 Å².